The third-order valence-corrected chi connectivity index (χ3v) is 5.44. The number of carboxylic acid groups (broad SMARTS) is 1. The van der Waals surface area contributed by atoms with Crippen molar-refractivity contribution < 1.29 is 74.4 Å². The van der Waals surface area contributed by atoms with Crippen LogP contribution < -0.4 is 0 Å². The van der Waals surface area contributed by atoms with Crippen molar-refractivity contribution in [1.82, 2.24) is 0 Å². The lowest BCUT2D eigenvalue weighted by Crippen LogP contribution is -2.40. The number of halogens is 6. The van der Waals surface area contributed by atoms with E-state index in [1.807, 2.05) is 6.07 Å². The summed E-state index contributed by atoms with van der Waals surface area (Å²) < 4.78 is 87.4. The zero-order valence-corrected chi connectivity index (χ0v) is 23.6. The van der Waals surface area contributed by atoms with Crippen molar-refractivity contribution in [3.63, 3.8) is 0 Å². The molecule has 2 atom stereocenters. The summed E-state index contributed by atoms with van der Waals surface area (Å²) in [6, 6.07) is 2.01. The number of carbonyl (C=O) groups is 5. The fraction of sp³-hybridized carbons (Fsp3) is 0.680. The van der Waals surface area contributed by atoms with Crippen molar-refractivity contribution in [3.05, 3.63) is 12.2 Å². The van der Waals surface area contributed by atoms with Gasteiger partial charge in [-0.2, -0.15) is 31.6 Å². The predicted octanol–water partition coefficient (Wildman–Crippen LogP) is 4.29. The summed E-state index contributed by atoms with van der Waals surface area (Å²) in [6.07, 6.45) is -9.59. The summed E-state index contributed by atoms with van der Waals surface area (Å²) in [6.45, 7) is 5.59. The number of carboxylic acids is 1. The zero-order chi connectivity index (χ0) is 33.5. The summed E-state index contributed by atoms with van der Waals surface area (Å²) >= 11 is 0. The summed E-state index contributed by atoms with van der Waals surface area (Å²) in [5.41, 5.74) is -2.36. The Balaban J connectivity index is 0. The van der Waals surface area contributed by atoms with Crippen LogP contribution in [-0.2, 0) is 42.9 Å². The van der Waals surface area contributed by atoms with E-state index >= 15 is 0 Å². The van der Waals surface area contributed by atoms with Gasteiger partial charge in [-0.15, -0.1) is 0 Å². The molecule has 0 aromatic heterocycles. The first kappa shape index (κ1) is 40.3. The van der Waals surface area contributed by atoms with Crippen LogP contribution in [0.15, 0.2) is 12.2 Å². The number of esters is 4. The predicted molar refractivity (Wildman–Crippen MR) is 129 cm³/mol. The lowest BCUT2D eigenvalue weighted by molar-refractivity contribution is -0.191. The minimum Gasteiger partial charge on any atom is -0.481 e. The number of nitriles is 1. The Morgan fingerprint density at radius 2 is 1.29 bits per heavy atom. The van der Waals surface area contributed by atoms with Crippen LogP contribution in [-0.4, -0.2) is 73.7 Å². The van der Waals surface area contributed by atoms with E-state index in [2.05, 4.69) is 20.8 Å². The average molecular weight is 622 g/mol. The molecule has 0 bridgehead atoms. The van der Waals surface area contributed by atoms with E-state index in [-0.39, 0.29) is 30.8 Å². The Hall–Kier alpha value is -3.84. The van der Waals surface area contributed by atoms with E-state index in [9.17, 15) is 55.6 Å². The maximum atomic E-state index is 12.5. The molecule has 0 aliphatic heterocycles. The maximum Gasteiger partial charge on any atom is 0.422 e. The van der Waals surface area contributed by atoms with Gasteiger partial charge in [0.25, 0.3) is 0 Å². The van der Waals surface area contributed by atoms with Crippen LogP contribution in [0.3, 0.4) is 0 Å². The Morgan fingerprint density at radius 3 is 1.62 bits per heavy atom. The largest absolute Gasteiger partial charge is 0.481 e. The first-order valence-corrected chi connectivity index (χ1v) is 11.9. The average Bonchev–Trinajstić information content (AvgIpc) is 2.85. The number of nitrogens with zero attached hydrogens (tertiary/aromatic N) is 1. The van der Waals surface area contributed by atoms with E-state index in [1.54, 1.807) is 13.8 Å². The molecule has 0 spiro atoms. The molecule has 0 fully saturated rings. The van der Waals surface area contributed by atoms with E-state index in [4.69, 9.17) is 9.84 Å². The lowest BCUT2D eigenvalue weighted by atomic mass is 9.66. The van der Waals surface area contributed by atoms with Gasteiger partial charge in [0.1, 0.15) is 0 Å². The Labute approximate surface area is 237 Å². The van der Waals surface area contributed by atoms with Crippen molar-refractivity contribution in [2.75, 3.05) is 26.4 Å². The monoisotopic (exact) mass is 621 g/mol. The van der Waals surface area contributed by atoms with Crippen LogP contribution in [0.1, 0.15) is 53.9 Å². The van der Waals surface area contributed by atoms with Gasteiger partial charge < -0.3 is 24.1 Å². The molecule has 0 aliphatic rings. The smallest absolute Gasteiger partial charge is 0.422 e. The van der Waals surface area contributed by atoms with Gasteiger partial charge in [-0.3, -0.25) is 9.59 Å². The third-order valence-electron chi connectivity index (χ3n) is 5.44. The van der Waals surface area contributed by atoms with Crippen LogP contribution >= 0.6 is 0 Å². The summed E-state index contributed by atoms with van der Waals surface area (Å²) in [7, 11) is 0. The summed E-state index contributed by atoms with van der Waals surface area (Å²) in [5.74, 6) is -5.79. The van der Waals surface area contributed by atoms with Gasteiger partial charge in [-0.25, -0.2) is 14.4 Å². The minimum absolute atomic E-state index is 0.00203. The molecule has 17 heteroatoms. The Morgan fingerprint density at radius 1 is 0.857 bits per heavy atom. The number of rotatable bonds is 14. The fourth-order valence-corrected chi connectivity index (χ4v) is 2.83. The molecular formula is C25H33F6NO10. The van der Waals surface area contributed by atoms with Crippen molar-refractivity contribution >= 4 is 29.8 Å². The van der Waals surface area contributed by atoms with Crippen LogP contribution in [0.25, 0.3) is 0 Å². The van der Waals surface area contributed by atoms with Gasteiger partial charge >= 0.3 is 42.2 Å². The normalized spacial score (nSPS) is 14.1. The molecule has 11 nitrogen and oxygen atoms in total. The summed E-state index contributed by atoms with van der Waals surface area (Å²) in [5, 5.41) is 18.2. The van der Waals surface area contributed by atoms with E-state index < -0.39 is 79.5 Å². The van der Waals surface area contributed by atoms with Crippen LogP contribution in [0, 0.1) is 28.1 Å². The molecule has 1 N–H and O–H groups in total. The lowest BCUT2D eigenvalue weighted by Gasteiger charge is -2.36. The molecule has 0 rings (SSSR count). The van der Waals surface area contributed by atoms with E-state index in [1.165, 1.54) is 20.8 Å². The van der Waals surface area contributed by atoms with Crippen LogP contribution in [0.2, 0.25) is 0 Å². The molecule has 0 aliphatic carbocycles. The molecule has 240 valence electrons. The highest BCUT2D eigenvalue weighted by atomic mass is 19.4. The molecule has 42 heavy (non-hydrogen) atoms. The first-order chi connectivity index (χ1) is 18.9. The van der Waals surface area contributed by atoms with Crippen LogP contribution in [0.4, 0.5) is 26.3 Å². The molecular weight excluding hydrogens is 588 g/mol. The SMILES string of the molecule is C=C(C)C(=O)OCC(=O)OCC(F)(F)F.CC(C)C(C)(CC(C)(C#N)CCC(=O)O)C(=O)OCC(=O)OCC(F)(F)F. The second kappa shape index (κ2) is 17.2. The number of carbonyl (C=O) groups excluding carboxylic acids is 4. The molecule has 0 aromatic carbocycles. The number of hydrogen-bond donors (Lipinski definition) is 1. The molecule has 0 saturated carbocycles. The van der Waals surface area contributed by atoms with Crippen molar-refractivity contribution in [1.29, 1.82) is 5.26 Å². The van der Waals surface area contributed by atoms with Gasteiger partial charge in [0, 0.05) is 12.0 Å². The highest BCUT2D eigenvalue weighted by molar-refractivity contribution is 5.88. The second-order valence-electron chi connectivity index (χ2n) is 9.80. The molecule has 0 saturated heterocycles. The van der Waals surface area contributed by atoms with Gasteiger partial charge in [0.2, 0.25) is 0 Å². The number of aliphatic carboxylic acids is 1. The molecule has 0 heterocycles. The van der Waals surface area contributed by atoms with E-state index in [0.717, 1.165) is 0 Å². The molecule has 0 aromatic rings. The highest BCUT2D eigenvalue weighted by Gasteiger charge is 2.45. The van der Waals surface area contributed by atoms with Crippen molar-refractivity contribution in [2.45, 2.75) is 66.2 Å². The fourth-order valence-electron chi connectivity index (χ4n) is 2.83. The minimum atomic E-state index is -4.69. The van der Waals surface area contributed by atoms with Crippen LogP contribution in [0.5, 0.6) is 0 Å². The number of hydrogen-bond acceptors (Lipinski definition) is 10. The number of ether oxygens (including phenoxy) is 4. The maximum absolute atomic E-state index is 12.5. The Bertz CT molecular complexity index is 1020. The highest BCUT2D eigenvalue weighted by Crippen LogP contribution is 2.42. The van der Waals surface area contributed by atoms with Gasteiger partial charge in [-0.1, -0.05) is 20.4 Å². The standard InChI is InChI=1S/C17H24F3NO6.C8H9F3O4/c1-11(2)16(4,8-15(3,9-21)6-5-12(22)23)14(25)26-7-13(24)27-10-17(18,19)20;1-5(2)7(13)14-3-6(12)15-4-8(9,10)11/h11H,5-8,10H2,1-4H3,(H,22,23);1,3-4H2,2H3. The second-order valence-corrected chi connectivity index (χ2v) is 9.80. The Kier molecular flexibility index (Phi) is 16.5. The first-order valence-electron chi connectivity index (χ1n) is 11.9. The van der Waals surface area contributed by atoms with Crippen molar-refractivity contribution in [3.8, 4) is 6.07 Å². The van der Waals surface area contributed by atoms with Gasteiger partial charge in [0.05, 0.1) is 16.9 Å². The summed E-state index contributed by atoms with van der Waals surface area (Å²) in [4.78, 5) is 55.8. The molecule has 0 amide bonds. The quantitative estimate of drug-likeness (QED) is 0.127. The van der Waals surface area contributed by atoms with Gasteiger partial charge in [0.15, 0.2) is 26.4 Å². The number of alkyl halides is 6. The van der Waals surface area contributed by atoms with Crippen molar-refractivity contribution in [2.24, 2.45) is 16.7 Å². The van der Waals surface area contributed by atoms with Gasteiger partial charge in [-0.05, 0) is 39.5 Å². The molecule has 2 unspecified atom stereocenters. The zero-order valence-electron chi connectivity index (χ0n) is 23.6. The molecule has 0 radical (unpaired) electrons. The topological polar surface area (TPSA) is 166 Å². The van der Waals surface area contributed by atoms with E-state index in [0.29, 0.717) is 0 Å². The third kappa shape index (κ3) is 18.5.